The molecule has 0 fully saturated rings. The molecule has 1 unspecified atom stereocenters. The SMILES string of the molecule is CCC(C(=O)[O-])N(N)N.[Na+]. The van der Waals surface area contributed by atoms with Crippen LogP contribution in [0.2, 0.25) is 0 Å². The van der Waals surface area contributed by atoms with E-state index < -0.39 is 12.0 Å². The van der Waals surface area contributed by atoms with Crippen molar-refractivity contribution < 1.29 is 39.5 Å². The zero-order chi connectivity index (χ0) is 7.44. The van der Waals surface area contributed by atoms with Crippen molar-refractivity contribution in [3.63, 3.8) is 0 Å². The van der Waals surface area contributed by atoms with Gasteiger partial charge in [0, 0.05) is 0 Å². The third kappa shape index (κ3) is 4.21. The van der Waals surface area contributed by atoms with E-state index in [2.05, 4.69) is 0 Å². The Labute approximate surface area is 81.6 Å². The second-order valence-corrected chi connectivity index (χ2v) is 1.69. The molecule has 0 heterocycles. The molecule has 6 heteroatoms. The molecule has 1 atom stereocenters. The molecule has 0 rings (SSSR count). The van der Waals surface area contributed by atoms with Gasteiger partial charge in [-0.15, -0.1) is 0 Å². The summed E-state index contributed by atoms with van der Waals surface area (Å²) in [5.74, 6) is 8.63. The largest absolute Gasteiger partial charge is 1.00 e. The molecule has 0 aromatic rings. The van der Waals surface area contributed by atoms with E-state index in [9.17, 15) is 9.90 Å². The van der Waals surface area contributed by atoms with E-state index in [0.29, 0.717) is 11.5 Å². The van der Waals surface area contributed by atoms with Gasteiger partial charge in [0.05, 0.1) is 12.0 Å². The van der Waals surface area contributed by atoms with E-state index >= 15 is 0 Å². The maximum atomic E-state index is 10.1. The number of carbonyl (C=O) groups excluding carboxylic acids is 1. The Morgan fingerprint density at radius 1 is 1.70 bits per heavy atom. The van der Waals surface area contributed by atoms with Crippen molar-refractivity contribution >= 4 is 5.97 Å². The number of hydrogen-bond acceptors (Lipinski definition) is 5. The fraction of sp³-hybridized carbons (Fsp3) is 0.750. The first-order chi connectivity index (χ1) is 4.09. The minimum atomic E-state index is -1.25. The molecule has 0 aliphatic rings. The summed E-state index contributed by atoms with van der Waals surface area (Å²) >= 11 is 0. The van der Waals surface area contributed by atoms with Crippen molar-refractivity contribution in [3.8, 4) is 0 Å². The van der Waals surface area contributed by atoms with Crippen molar-refractivity contribution in [2.24, 2.45) is 11.7 Å². The van der Waals surface area contributed by atoms with Crippen LogP contribution in [0.3, 0.4) is 0 Å². The molecular weight excluding hydrogens is 145 g/mol. The van der Waals surface area contributed by atoms with Gasteiger partial charge in [-0.05, 0) is 6.42 Å². The summed E-state index contributed by atoms with van der Waals surface area (Å²) in [5, 5.41) is 10.7. The van der Waals surface area contributed by atoms with Gasteiger partial charge < -0.3 is 9.90 Å². The van der Waals surface area contributed by atoms with E-state index in [4.69, 9.17) is 11.7 Å². The van der Waals surface area contributed by atoms with Crippen molar-refractivity contribution in [1.82, 2.24) is 5.12 Å². The number of carboxylic acid groups (broad SMARTS) is 1. The fourth-order valence-electron chi connectivity index (χ4n) is 0.499. The maximum Gasteiger partial charge on any atom is 1.00 e. The van der Waals surface area contributed by atoms with Crippen molar-refractivity contribution in [1.29, 1.82) is 0 Å². The molecule has 0 aromatic carbocycles. The van der Waals surface area contributed by atoms with E-state index in [-0.39, 0.29) is 29.6 Å². The quantitative estimate of drug-likeness (QED) is 0.241. The number of carboxylic acids is 1. The van der Waals surface area contributed by atoms with Crippen LogP contribution < -0.4 is 46.3 Å². The number of carbonyl (C=O) groups is 1. The molecule has 5 nitrogen and oxygen atoms in total. The fourth-order valence-corrected chi connectivity index (χ4v) is 0.499. The van der Waals surface area contributed by atoms with Crippen LogP contribution in [0.25, 0.3) is 0 Å². The number of hydrogen-bond donors (Lipinski definition) is 2. The predicted molar refractivity (Wildman–Crippen MR) is 29.3 cm³/mol. The van der Waals surface area contributed by atoms with Crippen LogP contribution in [0.1, 0.15) is 13.3 Å². The molecule has 0 bridgehead atoms. The van der Waals surface area contributed by atoms with Gasteiger partial charge in [0.25, 0.3) is 0 Å². The maximum absolute atomic E-state index is 10.1. The molecule has 0 aromatic heterocycles. The number of hydrazine groups is 2. The molecule has 54 valence electrons. The third-order valence-corrected chi connectivity index (χ3v) is 1.02. The van der Waals surface area contributed by atoms with Crippen LogP contribution in [0, 0.1) is 0 Å². The zero-order valence-electron chi connectivity index (χ0n) is 6.20. The topological polar surface area (TPSA) is 95.4 Å². The molecule has 4 N–H and O–H groups in total. The normalized spacial score (nSPS) is 12.4. The van der Waals surface area contributed by atoms with Gasteiger partial charge in [0.1, 0.15) is 0 Å². The summed E-state index contributed by atoms with van der Waals surface area (Å²) in [5.41, 5.74) is 0. The van der Waals surface area contributed by atoms with Crippen molar-refractivity contribution in [2.45, 2.75) is 19.4 Å². The summed E-state index contributed by atoms with van der Waals surface area (Å²) in [6, 6.07) is -0.884. The van der Waals surface area contributed by atoms with Gasteiger partial charge in [-0.1, -0.05) is 6.92 Å². The first-order valence-electron chi connectivity index (χ1n) is 2.59. The average Bonchev–Trinajstić information content (AvgIpc) is 1.64. The van der Waals surface area contributed by atoms with E-state index in [1.807, 2.05) is 0 Å². The van der Waals surface area contributed by atoms with E-state index in [1.54, 1.807) is 6.92 Å². The summed E-state index contributed by atoms with van der Waals surface area (Å²) in [7, 11) is 0. The number of nitrogens with two attached hydrogens (primary N) is 2. The molecular formula is C4H10N3NaO2. The Bertz CT molecular complexity index is 109. The van der Waals surface area contributed by atoms with Crippen LogP contribution in [0.15, 0.2) is 0 Å². The Kier molecular flexibility index (Phi) is 7.90. The molecule has 0 radical (unpaired) electrons. The standard InChI is InChI=1S/C4H11N3O2.Na/c1-2-3(4(8)9)7(5)6;/h3H,2,5-6H2,1H3,(H,8,9);/q;+1/p-1. The summed E-state index contributed by atoms with van der Waals surface area (Å²) in [4.78, 5) is 10.1. The molecule has 0 saturated heterocycles. The number of rotatable bonds is 3. The van der Waals surface area contributed by atoms with Gasteiger partial charge in [0.15, 0.2) is 0 Å². The van der Waals surface area contributed by atoms with Crippen LogP contribution in [0.5, 0.6) is 0 Å². The summed E-state index contributed by atoms with van der Waals surface area (Å²) in [6.45, 7) is 1.66. The van der Waals surface area contributed by atoms with Crippen molar-refractivity contribution in [3.05, 3.63) is 0 Å². The first-order valence-corrected chi connectivity index (χ1v) is 2.59. The zero-order valence-corrected chi connectivity index (χ0v) is 8.20. The molecule has 0 saturated carbocycles. The molecule has 0 amide bonds. The minimum absolute atomic E-state index is 0. The van der Waals surface area contributed by atoms with Gasteiger partial charge in [-0.3, -0.25) is 11.7 Å². The Hall–Kier alpha value is 0.350. The second kappa shape index (κ2) is 6.09. The molecule has 0 aliphatic heterocycles. The van der Waals surface area contributed by atoms with Crippen molar-refractivity contribution in [2.75, 3.05) is 0 Å². The van der Waals surface area contributed by atoms with Gasteiger partial charge >= 0.3 is 29.6 Å². The first kappa shape index (κ1) is 13.0. The van der Waals surface area contributed by atoms with Crippen LogP contribution in [-0.2, 0) is 4.79 Å². The second-order valence-electron chi connectivity index (χ2n) is 1.69. The number of aliphatic carboxylic acids is 1. The van der Waals surface area contributed by atoms with E-state index in [0.717, 1.165) is 0 Å². The smallest absolute Gasteiger partial charge is 0.548 e. The number of nitrogens with zero attached hydrogens (tertiary/aromatic N) is 1. The Balaban J connectivity index is 0. The van der Waals surface area contributed by atoms with Crippen LogP contribution in [0.4, 0.5) is 0 Å². The predicted octanol–water partition coefficient (Wildman–Crippen LogP) is -5.43. The van der Waals surface area contributed by atoms with Gasteiger partial charge in [-0.2, -0.15) is 5.12 Å². The average molecular weight is 155 g/mol. The van der Waals surface area contributed by atoms with E-state index in [1.165, 1.54) is 0 Å². The molecule has 0 aliphatic carbocycles. The Morgan fingerprint density at radius 3 is 2.10 bits per heavy atom. The summed E-state index contributed by atoms with van der Waals surface area (Å²) in [6.07, 6.45) is 0.343. The Morgan fingerprint density at radius 2 is 2.10 bits per heavy atom. The molecule has 10 heavy (non-hydrogen) atoms. The third-order valence-electron chi connectivity index (χ3n) is 1.02. The van der Waals surface area contributed by atoms with Crippen LogP contribution >= 0.6 is 0 Å². The van der Waals surface area contributed by atoms with Gasteiger partial charge in [0.2, 0.25) is 0 Å². The summed E-state index contributed by atoms with van der Waals surface area (Å²) < 4.78 is 0. The minimum Gasteiger partial charge on any atom is -0.548 e. The van der Waals surface area contributed by atoms with Crippen LogP contribution in [-0.4, -0.2) is 17.1 Å². The monoisotopic (exact) mass is 155 g/mol. The molecule has 0 spiro atoms. The van der Waals surface area contributed by atoms with Gasteiger partial charge in [-0.25, -0.2) is 0 Å².